The average molecular weight is 319 g/mol. The summed E-state index contributed by atoms with van der Waals surface area (Å²) in [4.78, 5) is 1.25. The highest BCUT2D eigenvalue weighted by Gasteiger charge is 2.10. The molecule has 96 valence electrons. The second kappa shape index (κ2) is 8.00. The topological polar surface area (TPSA) is 47.3 Å². The van der Waals surface area contributed by atoms with Crippen LogP contribution in [-0.4, -0.2) is 26.3 Å². The molecule has 5 heteroatoms. The average Bonchev–Trinajstić information content (AvgIpc) is 2.70. The molecule has 1 atom stereocenters. The summed E-state index contributed by atoms with van der Waals surface area (Å²) in [6, 6.07) is 4.34. The van der Waals surface area contributed by atoms with Gasteiger partial charge >= 0.3 is 0 Å². The maximum Gasteiger partial charge on any atom is 0.0702 e. The predicted octanol–water partition coefficient (Wildman–Crippen LogP) is 2.69. The molecule has 17 heavy (non-hydrogen) atoms. The summed E-state index contributed by atoms with van der Waals surface area (Å²) in [5.74, 6) is 0. The Bertz CT molecular complexity index is 354. The minimum absolute atomic E-state index is 0.208. The Morgan fingerprint density at radius 2 is 2.41 bits per heavy atom. The minimum Gasteiger partial charge on any atom is -0.376 e. The second-order valence-corrected chi connectivity index (χ2v) is 6.39. The zero-order valence-electron chi connectivity index (χ0n) is 10.0. The number of hydrogen-bond acceptors (Lipinski definition) is 4. The molecule has 1 rings (SSSR count). The van der Waals surface area contributed by atoms with Crippen LogP contribution in [-0.2, 0) is 4.74 Å². The van der Waals surface area contributed by atoms with Gasteiger partial charge in [0, 0.05) is 18.0 Å². The molecule has 3 nitrogen and oxygen atoms in total. The molecule has 0 aliphatic heterocycles. The van der Waals surface area contributed by atoms with Crippen LogP contribution in [0.15, 0.2) is 28.1 Å². The van der Waals surface area contributed by atoms with Crippen LogP contribution in [0.4, 0.5) is 0 Å². The van der Waals surface area contributed by atoms with Crippen LogP contribution in [0.5, 0.6) is 0 Å². The molecule has 0 radical (unpaired) electrons. The maximum absolute atomic E-state index is 5.75. The van der Waals surface area contributed by atoms with Crippen molar-refractivity contribution in [1.82, 2.24) is 5.32 Å². The van der Waals surface area contributed by atoms with Crippen LogP contribution in [0, 0.1) is 0 Å². The minimum atomic E-state index is 0.208. The Morgan fingerprint density at radius 3 is 2.94 bits per heavy atom. The molecule has 0 fully saturated rings. The zero-order chi connectivity index (χ0) is 12.7. The highest BCUT2D eigenvalue weighted by Crippen LogP contribution is 2.26. The first kappa shape index (κ1) is 14.9. The number of thiophene rings is 1. The molecule has 0 saturated heterocycles. The molecule has 0 saturated carbocycles. The molecule has 0 aromatic carbocycles. The Hall–Kier alpha value is -0.200. The molecule has 0 bridgehead atoms. The summed E-state index contributed by atoms with van der Waals surface area (Å²) in [5.41, 5.74) is 6.79. The van der Waals surface area contributed by atoms with Gasteiger partial charge in [0.25, 0.3) is 0 Å². The third-order valence-electron chi connectivity index (χ3n) is 2.16. The molecule has 1 aromatic heterocycles. The smallest absolute Gasteiger partial charge is 0.0702 e. The van der Waals surface area contributed by atoms with E-state index in [1.165, 1.54) is 4.88 Å². The first-order valence-corrected chi connectivity index (χ1v) is 7.15. The third-order valence-corrected chi connectivity index (χ3v) is 3.90. The summed E-state index contributed by atoms with van der Waals surface area (Å²) in [6.07, 6.45) is 0. The standard InChI is InChI=1S/C12H19BrN2OS/c1-9(2)8-16-6-5-15-10(7-14)11-3-4-12(13)17-11/h3-4,10,15H,1,5-8,14H2,2H3. The molecular formula is C12H19BrN2OS. The molecule has 0 aliphatic carbocycles. The van der Waals surface area contributed by atoms with Gasteiger partial charge in [0.2, 0.25) is 0 Å². The lowest BCUT2D eigenvalue weighted by molar-refractivity contribution is 0.155. The summed E-state index contributed by atoms with van der Waals surface area (Å²) in [7, 11) is 0. The summed E-state index contributed by atoms with van der Waals surface area (Å²) >= 11 is 5.16. The van der Waals surface area contributed by atoms with E-state index in [-0.39, 0.29) is 6.04 Å². The van der Waals surface area contributed by atoms with Crippen molar-refractivity contribution in [2.24, 2.45) is 5.73 Å². The summed E-state index contributed by atoms with van der Waals surface area (Å²) < 4.78 is 6.55. The Balaban J connectivity index is 2.26. The molecule has 1 heterocycles. The number of hydrogen-bond donors (Lipinski definition) is 2. The first-order chi connectivity index (χ1) is 8.13. The van der Waals surface area contributed by atoms with E-state index in [9.17, 15) is 0 Å². The van der Waals surface area contributed by atoms with E-state index in [2.05, 4.69) is 33.9 Å². The van der Waals surface area contributed by atoms with Gasteiger partial charge in [-0.3, -0.25) is 0 Å². The van der Waals surface area contributed by atoms with Crippen LogP contribution in [0.3, 0.4) is 0 Å². The third kappa shape index (κ3) is 5.79. The molecule has 0 amide bonds. The van der Waals surface area contributed by atoms with Crippen molar-refractivity contribution >= 4 is 27.3 Å². The van der Waals surface area contributed by atoms with Gasteiger partial charge in [0.15, 0.2) is 0 Å². The van der Waals surface area contributed by atoms with Crippen molar-refractivity contribution in [3.05, 3.63) is 32.9 Å². The van der Waals surface area contributed by atoms with Crippen molar-refractivity contribution < 1.29 is 4.74 Å². The zero-order valence-corrected chi connectivity index (χ0v) is 12.4. The van der Waals surface area contributed by atoms with Crippen LogP contribution < -0.4 is 11.1 Å². The lowest BCUT2D eigenvalue weighted by Gasteiger charge is -2.15. The number of halogens is 1. The van der Waals surface area contributed by atoms with Crippen LogP contribution in [0.2, 0.25) is 0 Å². The summed E-state index contributed by atoms with van der Waals surface area (Å²) in [6.45, 7) is 8.43. The molecule has 1 aromatic rings. The normalized spacial score (nSPS) is 12.6. The summed E-state index contributed by atoms with van der Waals surface area (Å²) in [5, 5.41) is 3.38. The van der Waals surface area contributed by atoms with Crippen molar-refractivity contribution in [3.63, 3.8) is 0 Å². The lowest BCUT2D eigenvalue weighted by Crippen LogP contribution is -2.30. The fourth-order valence-electron chi connectivity index (χ4n) is 1.37. The van der Waals surface area contributed by atoms with E-state index in [0.717, 1.165) is 15.9 Å². The predicted molar refractivity (Wildman–Crippen MR) is 77.5 cm³/mol. The molecular weight excluding hydrogens is 300 g/mol. The quantitative estimate of drug-likeness (QED) is 0.572. The van der Waals surface area contributed by atoms with Crippen molar-refractivity contribution in [3.8, 4) is 0 Å². The van der Waals surface area contributed by atoms with Gasteiger partial charge in [-0.1, -0.05) is 12.2 Å². The van der Waals surface area contributed by atoms with Gasteiger partial charge < -0.3 is 15.8 Å². The Kier molecular flexibility index (Phi) is 6.99. The number of ether oxygens (including phenoxy) is 1. The molecule has 0 aliphatic rings. The van der Waals surface area contributed by atoms with E-state index >= 15 is 0 Å². The van der Waals surface area contributed by atoms with Crippen LogP contribution in [0.1, 0.15) is 17.8 Å². The Labute approximate surface area is 115 Å². The Morgan fingerprint density at radius 1 is 1.65 bits per heavy atom. The molecule has 1 unspecified atom stereocenters. The van der Waals surface area contributed by atoms with E-state index in [0.29, 0.717) is 19.8 Å². The number of nitrogens with two attached hydrogens (primary N) is 1. The van der Waals surface area contributed by atoms with Crippen molar-refractivity contribution in [2.75, 3.05) is 26.3 Å². The second-order valence-electron chi connectivity index (χ2n) is 3.89. The van der Waals surface area contributed by atoms with Crippen molar-refractivity contribution in [1.29, 1.82) is 0 Å². The van der Waals surface area contributed by atoms with E-state index < -0.39 is 0 Å². The van der Waals surface area contributed by atoms with Crippen LogP contribution in [0.25, 0.3) is 0 Å². The van der Waals surface area contributed by atoms with E-state index in [4.69, 9.17) is 10.5 Å². The number of nitrogens with one attached hydrogen (secondary N) is 1. The molecule has 0 spiro atoms. The van der Waals surface area contributed by atoms with E-state index in [1.54, 1.807) is 11.3 Å². The molecule has 3 N–H and O–H groups in total. The fraction of sp³-hybridized carbons (Fsp3) is 0.500. The highest BCUT2D eigenvalue weighted by molar-refractivity contribution is 9.11. The van der Waals surface area contributed by atoms with Gasteiger partial charge in [-0.2, -0.15) is 0 Å². The number of rotatable bonds is 8. The largest absolute Gasteiger partial charge is 0.376 e. The van der Waals surface area contributed by atoms with Crippen molar-refractivity contribution in [2.45, 2.75) is 13.0 Å². The van der Waals surface area contributed by atoms with Gasteiger partial charge in [0.05, 0.1) is 23.0 Å². The lowest BCUT2D eigenvalue weighted by atomic mass is 10.2. The van der Waals surface area contributed by atoms with Gasteiger partial charge in [0.1, 0.15) is 0 Å². The first-order valence-electron chi connectivity index (χ1n) is 5.54. The monoisotopic (exact) mass is 318 g/mol. The van der Waals surface area contributed by atoms with Gasteiger partial charge in [-0.25, -0.2) is 0 Å². The van der Waals surface area contributed by atoms with Gasteiger partial charge in [-0.05, 0) is 35.0 Å². The van der Waals surface area contributed by atoms with Crippen LogP contribution >= 0.6 is 27.3 Å². The highest BCUT2D eigenvalue weighted by atomic mass is 79.9. The fourth-order valence-corrected chi connectivity index (χ4v) is 2.88. The van der Waals surface area contributed by atoms with E-state index in [1.807, 2.05) is 13.0 Å². The SMILES string of the molecule is C=C(C)COCCNC(CN)c1ccc(Br)s1. The van der Waals surface area contributed by atoms with Gasteiger partial charge in [-0.15, -0.1) is 11.3 Å². The maximum atomic E-state index is 5.75.